The number of nitrogens with zero attached hydrogens (tertiary/aromatic N) is 1. The van der Waals surface area contributed by atoms with Crippen LogP contribution in [0.15, 0.2) is 41.8 Å². The minimum Gasteiger partial charge on any atom is -0.235 e. The maximum atomic E-state index is 13.0. The Balaban J connectivity index is 2.05. The van der Waals surface area contributed by atoms with Crippen molar-refractivity contribution in [3.8, 4) is 21.1 Å². The Hall–Kier alpha value is -1.23. The van der Waals surface area contributed by atoms with E-state index in [4.69, 9.17) is 16.6 Å². The van der Waals surface area contributed by atoms with Crippen LogP contribution in [0.3, 0.4) is 0 Å². The monoisotopic (exact) mass is 323 g/mol. The van der Waals surface area contributed by atoms with E-state index >= 15 is 0 Å². The number of aromatic nitrogens is 1. The summed E-state index contributed by atoms with van der Waals surface area (Å²) in [5.74, 6) is 0.341. The van der Waals surface area contributed by atoms with E-state index in [1.54, 1.807) is 34.8 Å². The van der Waals surface area contributed by atoms with Gasteiger partial charge in [-0.05, 0) is 42.1 Å². The third-order valence-electron chi connectivity index (χ3n) is 2.86. The summed E-state index contributed by atoms with van der Waals surface area (Å²) in [7, 11) is 0. The molecular weight excluding hydrogens is 313 g/mol. The molecule has 102 valence electrons. The van der Waals surface area contributed by atoms with Gasteiger partial charge in [-0.1, -0.05) is 6.07 Å². The average molecular weight is 324 g/mol. The van der Waals surface area contributed by atoms with Gasteiger partial charge in [-0.3, -0.25) is 0 Å². The molecule has 0 amide bonds. The van der Waals surface area contributed by atoms with E-state index in [0.29, 0.717) is 5.88 Å². The van der Waals surface area contributed by atoms with Gasteiger partial charge in [-0.2, -0.15) is 0 Å². The van der Waals surface area contributed by atoms with Crippen molar-refractivity contribution in [1.29, 1.82) is 0 Å². The summed E-state index contributed by atoms with van der Waals surface area (Å²) in [6, 6.07) is 10.5. The van der Waals surface area contributed by atoms with Gasteiger partial charge in [0.1, 0.15) is 10.8 Å². The fourth-order valence-electron chi connectivity index (χ4n) is 1.93. The number of rotatable bonds is 4. The number of alkyl halides is 1. The summed E-state index contributed by atoms with van der Waals surface area (Å²) in [5.41, 5.74) is 1.94. The third kappa shape index (κ3) is 2.77. The molecule has 0 fully saturated rings. The van der Waals surface area contributed by atoms with E-state index in [2.05, 4.69) is 6.07 Å². The number of thiophene rings is 1. The van der Waals surface area contributed by atoms with Crippen LogP contribution in [0.2, 0.25) is 0 Å². The minimum absolute atomic E-state index is 0.232. The zero-order valence-electron chi connectivity index (χ0n) is 10.5. The Morgan fingerprint density at radius 1 is 1.15 bits per heavy atom. The number of hydrogen-bond acceptors (Lipinski definition) is 3. The van der Waals surface area contributed by atoms with Crippen molar-refractivity contribution in [2.24, 2.45) is 0 Å². The van der Waals surface area contributed by atoms with E-state index in [1.165, 1.54) is 17.0 Å². The molecule has 0 saturated heterocycles. The summed E-state index contributed by atoms with van der Waals surface area (Å²) >= 11 is 9.18. The first-order valence-electron chi connectivity index (χ1n) is 6.13. The Kier molecular flexibility index (Phi) is 4.15. The van der Waals surface area contributed by atoms with Gasteiger partial charge < -0.3 is 0 Å². The molecule has 0 saturated carbocycles. The topological polar surface area (TPSA) is 12.9 Å². The second kappa shape index (κ2) is 6.04. The third-order valence-corrected chi connectivity index (χ3v) is 5.09. The predicted octanol–water partition coefficient (Wildman–Crippen LogP) is 5.46. The molecule has 20 heavy (non-hydrogen) atoms. The first kappa shape index (κ1) is 13.7. The van der Waals surface area contributed by atoms with Crippen molar-refractivity contribution < 1.29 is 4.39 Å². The average Bonchev–Trinajstić information content (AvgIpc) is 3.09. The Labute approximate surface area is 129 Å². The van der Waals surface area contributed by atoms with E-state index in [0.717, 1.165) is 27.6 Å². The minimum atomic E-state index is -0.232. The molecule has 0 bridgehead atoms. The quantitative estimate of drug-likeness (QED) is 0.581. The number of aryl methyl sites for hydroxylation is 1. The Morgan fingerprint density at radius 3 is 2.60 bits per heavy atom. The molecule has 0 unspecified atom stereocenters. The number of hydrogen-bond donors (Lipinski definition) is 0. The van der Waals surface area contributed by atoms with Crippen molar-refractivity contribution in [3.05, 3.63) is 52.5 Å². The summed E-state index contributed by atoms with van der Waals surface area (Å²) < 4.78 is 13.0. The second-order valence-corrected chi connectivity index (χ2v) is 6.62. The molecule has 0 N–H and O–H groups in total. The lowest BCUT2D eigenvalue weighted by Gasteiger charge is -1.95. The molecule has 5 heteroatoms. The Morgan fingerprint density at radius 2 is 1.95 bits per heavy atom. The van der Waals surface area contributed by atoms with E-state index in [1.807, 2.05) is 11.4 Å². The van der Waals surface area contributed by atoms with Crippen LogP contribution in [0, 0.1) is 5.82 Å². The van der Waals surface area contributed by atoms with E-state index in [9.17, 15) is 4.39 Å². The fourth-order valence-corrected chi connectivity index (χ4v) is 4.12. The van der Waals surface area contributed by atoms with Crippen LogP contribution in [-0.2, 0) is 6.42 Å². The van der Waals surface area contributed by atoms with E-state index in [-0.39, 0.29) is 5.82 Å². The van der Waals surface area contributed by atoms with Gasteiger partial charge in [0.2, 0.25) is 0 Å². The van der Waals surface area contributed by atoms with Gasteiger partial charge in [-0.25, -0.2) is 9.37 Å². The van der Waals surface area contributed by atoms with Crippen LogP contribution >= 0.6 is 34.3 Å². The van der Waals surface area contributed by atoms with Crippen molar-refractivity contribution >= 4 is 34.3 Å². The normalized spacial score (nSPS) is 10.9. The van der Waals surface area contributed by atoms with Gasteiger partial charge in [0, 0.05) is 16.3 Å². The molecule has 3 aromatic rings. The first-order chi connectivity index (χ1) is 9.78. The van der Waals surface area contributed by atoms with Crippen LogP contribution in [0.4, 0.5) is 4.39 Å². The van der Waals surface area contributed by atoms with Crippen LogP contribution < -0.4 is 0 Å². The lowest BCUT2D eigenvalue weighted by Crippen LogP contribution is -1.84. The summed E-state index contributed by atoms with van der Waals surface area (Å²) in [6.45, 7) is 0. The van der Waals surface area contributed by atoms with Crippen molar-refractivity contribution in [2.45, 2.75) is 6.42 Å². The van der Waals surface area contributed by atoms with Gasteiger partial charge in [0.15, 0.2) is 0 Å². The molecule has 0 aliphatic heterocycles. The predicted molar refractivity (Wildman–Crippen MR) is 85.2 cm³/mol. The fraction of sp³-hybridized carbons (Fsp3) is 0.133. The number of thiazole rings is 1. The number of halogens is 2. The highest BCUT2D eigenvalue weighted by Gasteiger charge is 2.14. The summed E-state index contributed by atoms with van der Waals surface area (Å²) in [4.78, 5) is 7.05. The highest BCUT2D eigenvalue weighted by Crippen LogP contribution is 2.36. The molecule has 2 heterocycles. The van der Waals surface area contributed by atoms with Crippen molar-refractivity contribution in [2.75, 3.05) is 5.88 Å². The molecule has 0 aliphatic rings. The molecule has 0 radical (unpaired) electrons. The molecule has 1 aromatic carbocycles. The van der Waals surface area contributed by atoms with Crippen LogP contribution in [0.1, 0.15) is 4.88 Å². The van der Waals surface area contributed by atoms with E-state index < -0.39 is 0 Å². The largest absolute Gasteiger partial charge is 0.235 e. The smallest absolute Gasteiger partial charge is 0.124 e. The zero-order valence-corrected chi connectivity index (χ0v) is 12.9. The maximum absolute atomic E-state index is 13.0. The maximum Gasteiger partial charge on any atom is 0.124 e. The lowest BCUT2D eigenvalue weighted by atomic mass is 10.2. The molecular formula is C15H11ClFNS2. The highest BCUT2D eigenvalue weighted by atomic mass is 35.5. The van der Waals surface area contributed by atoms with Crippen LogP contribution in [-0.4, -0.2) is 10.9 Å². The first-order valence-corrected chi connectivity index (χ1v) is 8.36. The molecule has 0 atom stereocenters. The Bertz CT molecular complexity index is 689. The van der Waals surface area contributed by atoms with Gasteiger partial charge in [0.25, 0.3) is 0 Å². The van der Waals surface area contributed by atoms with Crippen LogP contribution in [0.25, 0.3) is 21.1 Å². The molecule has 0 aliphatic carbocycles. The standard InChI is InChI=1S/C15H11ClFNS2/c16-8-7-13-14(12-2-1-9-19-12)18-15(20-13)10-3-5-11(17)6-4-10/h1-6,9H,7-8H2. The van der Waals surface area contributed by atoms with Crippen molar-refractivity contribution in [1.82, 2.24) is 4.98 Å². The molecule has 3 rings (SSSR count). The molecule has 2 aromatic heterocycles. The highest BCUT2D eigenvalue weighted by molar-refractivity contribution is 7.17. The number of benzene rings is 1. The molecule has 0 spiro atoms. The van der Waals surface area contributed by atoms with Gasteiger partial charge in [0.05, 0.1) is 10.6 Å². The lowest BCUT2D eigenvalue weighted by molar-refractivity contribution is 0.628. The summed E-state index contributed by atoms with van der Waals surface area (Å²) in [6.07, 6.45) is 0.799. The SMILES string of the molecule is Fc1ccc(-c2nc(-c3cccs3)c(CCCl)s2)cc1. The van der Waals surface area contributed by atoms with Crippen LogP contribution in [0.5, 0.6) is 0 Å². The summed E-state index contributed by atoms with van der Waals surface area (Å²) in [5, 5.41) is 2.95. The molecule has 1 nitrogen and oxygen atoms in total. The van der Waals surface area contributed by atoms with Crippen molar-refractivity contribution in [3.63, 3.8) is 0 Å². The van der Waals surface area contributed by atoms with Gasteiger partial charge >= 0.3 is 0 Å². The zero-order chi connectivity index (χ0) is 13.9. The second-order valence-electron chi connectivity index (χ2n) is 4.21. The van der Waals surface area contributed by atoms with Gasteiger partial charge in [-0.15, -0.1) is 34.3 Å².